The van der Waals surface area contributed by atoms with Gasteiger partial charge in [-0.1, -0.05) is 47.8 Å². The number of benzene rings is 2. The SMILES string of the molecule is COc1cc(OC)c(CCC2(C3CCCC3)CC(=O)C(Sc3nc4cc(Cl)ccc4n3C(C)C)C(=O)O2)cc1Cl. The molecule has 7 nitrogen and oxygen atoms in total. The van der Waals surface area contributed by atoms with Gasteiger partial charge in [0.05, 0.1) is 30.3 Å². The summed E-state index contributed by atoms with van der Waals surface area (Å²) in [6.07, 6.45) is 5.23. The third kappa shape index (κ3) is 5.55. The molecule has 1 saturated carbocycles. The number of Topliss-reactive ketones (excluding diaryl/α,β-unsaturated/α-hetero) is 1. The molecule has 2 fully saturated rings. The van der Waals surface area contributed by atoms with E-state index in [0.29, 0.717) is 39.5 Å². The normalized spacial score (nSPS) is 21.8. The Kier molecular flexibility index (Phi) is 8.60. The number of hydrogen-bond donors (Lipinski definition) is 0. The van der Waals surface area contributed by atoms with E-state index in [0.717, 1.165) is 42.3 Å². The summed E-state index contributed by atoms with van der Waals surface area (Å²) in [5.41, 5.74) is 1.67. The Morgan fingerprint density at radius 2 is 1.82 bits per heavy atom. The minimum atomic E-state index is -0.968. The van der Waals surface area contributed by atoms with Gasteiger partial charge in [-0.2, -0.15) is 0 Å². The monoisotopic (exact) mass is 604 g/mol. The van der Waals surface area contributed by atoms with Crippen LogP contribution in [0.3, 0.4) is 0 Å². The molecule has 1 saturated heterocycles. The quantitative estimate of drug-likeness (QED) is 0.185. The van der Waals surface area contributed by atoms with Crippen molar-refractivity contribution in [2.75, 3.05) is 14.2 Å². The van der Waals surface area contributed by atoms with Crippen LogP contribution in [0.2, 0.25) is 10.0 Å². The van der Waals surface area contributed by atoms with E-state index in [9.17, 15) is 9.59 Å². The molecule has 0 amide bonds. The van der Waals surface area contributed by atoms with Crippen molar-refractivity contribution in [1.82, 2.24) is 9.55 Å². The van der Waals surface area contributed by atoms with Crippen molar-refractivity contribution in [2.45, 2.75) is 80.8 Å². The summed E-state index contributed by atoms with van der Waals surface area (Å²) in [5, 5.41) is 0.704. The predicted octanol–water partition coefficient (Wildman–Crippen LogP) is 7.48. The summed E-state index contributed by atoms with van der Waals surface area (Å²) in [6, 6.07) is 9.20. The largest absolute Gasteiger partial charge is 0.496 e. The van der Waals surface area contributed by atoms with Crippen LogP contribution in [-0.2, 0) is 20.7 Å². The van der Waals surface area contributed by atoms with Gasteiger partial charge in [-0.25, -0.2) is 4.98 Å². The molecule has 0 radical (unpaired) electrons. The maximum absolute atomic E-state index is 13.8. The number of halogens is 2. The number of fused-ring (bicyclic) bond motifs is 1. The number of esters is 1. The molecule has 2 heterocycles. The minimum absolute atomic E-state index is 0.0762. The van der Waals surface area contributed by atoms with Crippen molar-refractivity contribution < 1.29 is 23.8 Å². The van der Waals surface area contributed by atoms with Gasteiger partial charge in [0, 0.05) is 23.6 Å². The number of rotatable bonds is 9. The summed E-state index contributed by atoms with van der Waals surface area (Å²) >= 11 is 13.8. The van der Waals surface area contributed by atoms with Gasteiger partial charge in [-0.15, -0.1) is 0 Å². The fourth-order valence-electron chi connectivity index (χ4n) is 6.15. The van der Waals surface area contributed by atoms with E-state index in [-0.39, 0.29) is 24.2 Å². The van der Waals surface area contributed by atoms with Crippen molar-refractivity contribution in [3.8, 4) is 11.5 Å². The molecule has 1 aromatic heterocycles. The number of methoxy groups -OCH3 is 2. The second-order valence-electron chi connectivity index (χ2n) is 10.9. The molecule has 2 unspecified atom stereocenters. The van der Waals surface area contributed by atoms with Gasteiger partial charge in [0.2, 0.25) is 0 Å². The summed E-state index contributed by atoms with van der Waals surface area (Å²) < 4.78 is 19.3. The van der Waals surface area contributed by atoms with Gasteiger partial charge in [0.15, 0.2) is 16.2 Å². The Morgan fingerprint density at radius 1 is 1.10 bits per heavy atom. The lowest BCUT2D eigenvalue weighted by Crippen LogP contribution is -2.53. The Hall–Kier alpha value is -2.42. The summed E-state index contributed by atoms with van der Waals surface area (Å²) in [7, 11) is 3.16. The fraction of sp³-hybridized carbons (Fsp3) is 0.500. The van der Waals surface area contributed by atoms with Crippen LogP contribution < -0.4 is 9.47 Å². The van der Waals surface area contributed by atoms with Gasteiger partial charge >= 0.3 is 5.97 Å². The first-order valence-corrected chi connectivity index (χ1v) is 15.3. The van der Waals surface area contributed by atoms with Crippen LogP contribution in [0.15, 0.2) is 35.5 Å². The molecule has 2 aliphatic rings. The molecule has 0 bridgehead atoms. The molecule has 1 aliphatic heterocycles. The maximum Gasteiger partial charge on any atom is 0.327 e. The number of carbonyl (C=O) groups excluding carboxylic acids is 2. The molecule has 0 N–H and O–H groups in total. The molecule has 40 heavy (non-hydrogen) atoms. The first kappa shape index (κ1) is 29.1. The molecule has 10 heteroatoms. The zero-order chi connectivity index (χ0) is 28.6. The number of imidazole rings is 1. The van der Waals surface area contributed by atoms with Gasteiger partial charge in [0.1, 0.15) is 17.1 Å². The standard InChI is InChI=1S/C30H34Cl2N2O5S/c1-17(2)34-23-10-9-20(31)14-22(23)33-29(34)40-27-24(35)16-30(39-28(27)36,19-7-5-6-8-19)12-11-18-13-21(32)26(38-4)15-25(18)37-3/h9-10,13-15,17,19,27H,5-8,11-12,16H2,1-4H3. The van der Waals surface area contributed by atoms with Crippen LogP contribution >= 0.6 is 35.0 Å². The molecule has 2 aromatic carbocycles. The number of nitrogens with zero attached hydrogens (tertiary/aromatic N) is 2. The number of ketones is 1. The molecule has 5 rings (SSSR count). The van der Waals surface area contributed by atoms with Crippen LogP contribution in [0.25, 0.3) is 11.0 Å². The smallest absolute Gasteiger partial charge is 0.327 e. The number of aryl methyl sites for hydroxylation is 1. The first-order chi connectivity index (χ1) is 19.2. The predicted molar refractivity (Wildman–Crippen MR) is 158 cm³/mol. The topological polar surface area (TPSA) is 79.7 Å². The van der Waals surface area contributed by atoms with E-state index in [1.807, 2.05) is 36.6 Å². The molecule has 1 aliphatic carbocycles. The highest BCUT2D eigenvalue weighted by Crippen LogP contribution is 2.47. The fourth-order valence-corrected chi connectivity index (χ4v) is 7.72. The summed E-state index contributed by atoms with van der Waals surface area (Å²) in [4.78, 5) is 32.1. The first-order valence-electron chi connectivity index (χ1n) is 13.7. The van der Waals surface area contributed by atoms with E-state index < -0.39 is 16.8 Å². The zero-order valence-corrected chi connectivity index (χ0v) is 25.5. The van der Waals surface area contributed by atoms with Crippen molar-refractivity contribution in [3.05, 3.63) is 45.9 Å². The molecule has 0 spiro atoms. The lowest BCUT2D eigenvalue weighted by molar-refractivity contribution is -0.177. The lowest BCUT2D eigenvalue weighted by Gasteiger charge is -2.43. The number of hydrogen-bond acceptors (Lipinski definition) is 7. The van der Waals surface area contributed by atoms with Gasteiger partial charge in [-0.3, -0.25) is 9.59 Å². The maximum atomic E-state index is 13.8. The van der Waals surface area contributed by atoms with Crippen molar-refractivity contribution >= 4 is 57.7 Å². The molecule has 3 aromatic rings. The average Bonchev–Trinajstić information content (AvgIpc) is 3.58. The second kappa shape index (κ2) is 11.8. The van der Waals surface area contributed by atoms with Gasteiger partial charge in [-0.05, 0) is 75.3 Å². The van der Waals surface area contributed by atoms with Crippen molar-refractivity contribution in [1.29, 1.82) is 0 Å². The number of ether oxygens (including phenoxy) is 3. The van der Waals surface area contributed by atoms with E-state index >= 15 is 0 Å². The number of carbonyl (C=O) groups is 2. The van der Waals surface area contributed by atoms with E-state index in [2.05, 4.69) is 0 Å². The molecule has 2 atom stereocenters. The summed E-state index contributed by atoms with van der Waals surface area (Å²) in [6.45, 7) is 4.09. The van der Waals surface area contributed by atoms with Crippen molar-refractivity contribution in [2.24, 2.45) is 5.92 Å². The van der Waals surface area contributed by atoms with Crippen LogP contribution in [0.4, 0.5) is 0 Å². The van der Waals surface area contributed by atoms with Gasteiger partial charge in [0.25, 0.3) is 0 Å². The van der Waals surface area contributed by atoms with Crippen LogP contribution in [0.5, 0.6) is 11.5 Å². The molecular formula is C30H34Cl2N2O5S. The van der Waals surface area contributed by atoms with E-state index in [1.54, 1.807) is 26.4 Å². The highest BCUT2D eigenvalue weighted by Gasteiger charge is 2.52. The van der Waals surface area contributed by atoms with E-state index in [4.69, 9.17) is 42.4 Å². The Bertz CT molecular complexity index is 1420. The van der Waals surface area contributed by atoms with Crippen molar-refractivity contribution in [3.63, 3.8) is 0 Å². The third-order valence-electron chi connectivity index (χ3n) is 8.11. The highest BCUT2D eigenvalue weighted by molar-refractivity contribution is 8.01. The van der Waals surface area contributed by atoms with E-state index in [1.165, 1.54) is 11.8 Å². The van der Waals surface area contributed by atoms with Gasteiger partial charge < -0.3 is 18.8 Å². The van der Waals surface area contributed by atoms with Crippen LogP contribution in [0.1, 0.15) is 64.0 Å². The highest BCUT2D eigenvalue weighted by atomic mass is 35.5. The van der Waals surface area contributed by atoms with Crippen LogP contribution in [0, 0.1) is 5.92 Å². The zero-order valence-electron chi connectivity index (χ0n) is 23.2. The Balaban J connectivity index is 1.41. The average molecular weight is 606 g/mol. The Morgan fingerprint density at radius 3 is 2.48 bits per heavy atom. The number of aromatic nitrogens is 2. The number of cyclic esters (lactones) is 1. The molecule has 214 valence electrons. The van der Waals surface area contributed by atoms with Crippen LogP contribution in [-0.4, -0.2) is 46.4 Å². The second-order valence-corrected chi connectivity index (χ2v) is 12.8. The number of thioether (sulfide) groups is 1. The minimum Gasteiger partial charge on any atom is -0.496 e. The molecular weight excluding hydrogens is 571 g/mol. The summed E-state index contributed by atoms with van der Waals surface area (Å²) in [5.74, 6) is 0.703. The lowest BCUT2D eigenvalue weighted by atomic mass is 9.76. The Labute approximate surface area is 248 Å². The third-order valence-corrected chi connectivity index (χ3v) is 9.83.